The number of piperidine rings is 1. The van der Waals surface area contributed by atoms with Gasteiger partial charge in [0, 0.05) is 20.0 Å². The Kier molecular flexibility index (Phi) is 2.15. The van der Waals surface area contributed by atoms with Crippen molar-refractivity contribution in [2.45, 2.75) is 24.9 Å². The molecule has 2 aliphatic heterocycles. The van der Waals surface area contributed by atoms with Crippen molar-refractivity contribution >= 4 is 6.09 Å². The molecule has 4 nitrogen and oxygen atoms in total. The van der Waals surface area contributed by atoms with E-state index >= 15 is 0 Å². The molecule has 0 aromatic rings. The molecule has 2 saturated heterocycles. The molecule has 13 heavy (non-hydrogen) atoms. The van der Waals surface area contributed by atoms with Crippen LogP contribution >= 0.6 is 0 Å². The van der Waals surface area contributed by atoms with Crippen LogP contribution in [0, 0.1) is 0 Å². The van der Waals surface area contributed by atoms with E-state index in [4.69, 9.17) is 4.74 Å². The van der Waals surface area contributed by atoms with E-state index in [0.29, 0.717) is 0 Å². The zero-order valence-electron chi connectivity index (χ0n) is 8.01. The Morgan fingerprint density at radius 3 is 2.69 bits per heavy atom. The van der Waals surface area contributed by atoms with Crippen LogP contribution in [0.4, 0.5) is 4.79 Å². The smallest absolute Gasteiger partial charge is 0.410 e. The molecule has 0 radical (unpaired) electrons. The lowest BCUT2D eigenvalue weighted by Crippen LogP contribution is -2.52. The number of amides is 1. The Hall–Kier alpha value is -0.770. The summed E-state index contributed by atoms with van der Waals surface area (Å²) in [4.78, 5) is 13.0. The fraction of sp³-hybridized carbons (Fsp3) is 0.889. The molecule has 2 aliphatic rings. The van der Waals surface area contributed by atoms with Gasteiger partial charge in [0.15, 0.2) is 0 Å². The van der Waals surface area contributed by atoms with E-state index < -0.39 is 0 Å². The summed E-state index contributed by atoms with van der Waals surface area (Å²) in [5, 5.41) is 3.28. The summed E-state index contributed by atoms with van der Waals surface area (Å²) in [5.74, 6) is 0. The van der Waals surface area contributed by atoms with Gasteiger partial charge in [-0.25, -0.2) is 4.79 Å². The van der Waals surface area contributed by atoms with E-state index in [1.54, 1.807) is 11.9 Å². The highest BCUT2D eigenvalue weighted by atomic mass is 16.6. The largest absolute Gasteiger partial charge is 0.443 e. The first-order valence-electron chi connectivity index (χ1n) is 4.87. The molecular weight excluding hydrogens is 168 g/mol. The van der Waals surface area contributed by atoms with Gasteiger partial charge in [-0.05, 0) is 25.9 Å². The summed E-state index contributed by atoms with van der Waals surface area (Å²) in [5.41, 5.74) is -0.144. The fourth-order valence-electron chi connectivity index (χ4n) is 2.01. The van der Waals surface area contributed by atoms with Crippen LogP contribution in [0.2, 0.25) is 0 Å². The minimum absolute atomic E-state index is 0.144. The van der Waals surface area contributed by atoms with E-state index in [0.717, 1.165) is 38.9 Å². The number of rotatable bonds is 0. The summed E-state index contributed by atoms with van der Waals surface area (Å²) in [6.07, 6.45) is 2.75. The molecule has 2 heterocycles. The number of hydrogen-bond acceptors (Lipinski definition) is 3. The van der Waals surface area contributed by atoms with Crippen molar-refractivity contribution in [1.82, 2.24) is 10.2 Å². The monoisotopic (exact) mass is 184 g/mol. The highest BCUT2D eigenvalue weighted by Crippen LogP contribution is 2.30. The number of carbonyl (C=O) groups is 1. The molecule has 0 aromatic heterocycles. The lowest BCUT2D eigenvalue weighted by atomic mass is 9.88. The predicted octanol–water partition coefficient (Wildman–Crippen LogP) is 0.581. The number of ether oxygens (including phenoxy) is 1. The van der Waals surface area contributed by atoms with E-state index in [9.17, 15) is 4.79 Å². The standard InChI is InChI=1S/C9H16N2O2/c1-11-7-4-9(13-8(11)12)2-5-10-6-3-9/h10H,2-7H2,1H3. The van der Waals surface area contributed by atoms with E-state index in [1.165, 1.54) is 0 Å². The van der Waals surface area contributed by atoms with Gasteiger partial charge < -0.3 is 15.0 Å². The maximum atomic E-state index is 11.4. The maximum Gasteiger partial charge on any atom is 0.410 e. The van der Waals surface area contributed by atoms with Crippen molar-refractivity contribution in [2.75, 3.05) is 26.7 Å². The van der Waals surface area contributed by atoms with Gasteiger partial charge >= 0.3 is 6.09 Å². The first-order valence-corrected chi connectivity index (χ1v) is 4.87. The lowest BCUT2D eigenvalue weighted by Gasteiger charge is -2.42. The van der Waals surface area contributed by atoms with Gasteiger partial charge in [-0.2, -0.15) is 0 Å². The molecule has 0 aromatic carbocycles. The molecule has 0 unspecified atom stereocenters. The quantitative estimate of drug-likeness (QED) is 0.598. The number of carbonyl (C=O) groups excluding carboxylic acids is 1. The fourth-order valence-corrected chi connectivity index (χ4v) is 2.01. The third-order valence-electron chi connectivity index (χ3n) is 3.03. The van der Waals surface area contributed by atoms with Gasteiger partial charge in [0.1, 0.15) is 5.60 Å². The molecule has 1 amide bonds. The van der Waals surface area contributed by atoms with Crippen molar-refractivity contribution in [3.63, 3.8) is 0 Å². The number of nitrogens with one attached hydrogen (secondary N) is 1. The topological polar surface area (TPSA) is 41.6 Å². The third-order valence-corrected chi connectivity index (χ3v) is 3.03. The second-order valence-corrected chi connectivity index (χ2v) is 3.97. The van der Waals surface area contributed by atoms with Crippen LogP contribution in [0.25, 0.3) is 0 Å². The van der Waals surface area contributed by atoms with Crippen LogP contribution < -0.4 is 5.32 Å². The van der Waals surface area contributed by atoms with Crippen LogP contribution in [0.5, 0.6) is 0 Å². The molecule has 2 rings (SSSR count). The van der Waals surface area contributed by atoms with Crippen molar-refractivity contribution in [3.05, 3.63) is 0 Å². The van der Waals surface area contributed by atoms with Gasteiger partial charge in [0.25, 0.3) is 0 Å². The average molecular weight is 184 g/mol. The molecule has 4 heteroatoms. The molecule has 74 valence electrons. The van der Waals surface area contributed by atoms with Gasteiger partial charge in [0.05, 0.1) is 0 Å². The van der Waals surface area contributed by atoms with Crippen molar-refractivity contribution < 1.29 is 9.53 Å². The van der Waals surface area contributed by atoms with Gasteiger partial charge in [-0.3, -0.25) is 0 Å². The van der Waals surface area contributed by atoms with Crippen LogP contribution in [-0.2, 0) is 4.74 Å². The maximum absolute atomic E-state index is 11.4. The summed E-state index contributed by atoms with van der Waals surface area (Å²) in [6, 6.07) is 0. The summed E-state index contributed by atoms with van der Waals surface area (Å²) >= 11 is 0. The average Bonchev–Trinajstić information content (AvgIpc) is 2.14. The summed E-state index contributed by atoms with van der Waals surface area (Å²) in [6.45, 7) is 2.77. The Morgan fingerprint density at radius 2 is 2.08 bits per heavy atom. The normalized spacial score (nSPS) is 27.5. The molecule has 0 atom stereocenters. The first kappa shape index (κ1) is 8.81. The van der Waals surface area contributed by atoms with Crippen LogP contribution in [0.3, 0.4) is 0 Å². The van der Waals surface area contributed by atoms with Crippen LogP contribution in [-0.4, -0.2) is 43.3 Å². The molecule has 1 spiro atoms. The van der Waals surface area contributed by atoms with Crippen LogP contribution in [0.1, 0.15) is 19.3 Å². The predicted molar refractivity (Wildman–Crippen MR) is 48.6 cm³/mol. The Bertz CT molecular complexity index is 212. The minimum atomic E-state index is -0.159. The Morgan fingerprint density at radius 1 is 1.38 bits per heavy atom. The van der Waals surface area contributed by atoms with Gasteiger partial charge in [-0.15, -0.1) is 0 Å². The first-order chi connectivity index (χ1) is 6.22. The number of hydrogen-bond donors (Lipinski definition) is 1. The Balaban J connectivity index is 2.03. The van der Waals surface area contributed by atoms with Crippen LogP contribution in [0.15, 0.2) is 0 Å². The van der Waals surface area contributed by atoms with Gasteiger partial charge in [0.2, 0.25) is 0 Å². The number of nitrogens with zero attached hydrogens (tertiary/aromatic N) is 1. The molecular formula is C9H16N2O2. The molecule has 0 saturated carbocycles. The highest BCUT2D eigenvalue weighted by Gasteiger charge is 2.40. The second kappa shape index (κ2) is 3.18. The zero-order valence-corrected chi connectivity index (χ0v) is 8.01. The minimum Gasteiger partial charge on any atom is -0.443 e. The summed E-state index contributed by atoms with van der Waals surface area (Å²) in [7, 11) is 1.79. The van der Waals surface area contributed by atoms with Crippen molar-refractivity contribution in [2.24, 2.45) is 0 Å². The van der Waals surface area contributed by atoms with E-state index in [-0.39, 0.29) is 11.7 Å². The van der Waals surface area contributed by atoms with Gasteiger partial charge in [-0.1, -0.05) is 0 Å². The van der Waals surface area contributed by atoms with Crippen molar-refractivity contribution in [3.8, 4) is 0 Å². The molecule has 0 aliphatic carbocycles. The zero-order chi connectivity index (χ0) is 9.31. The van der Waals surface area contributed by atoms with E-state index in [1.807, 2.05) is 0 Å². The molecule has 1 N–H and O–H groups in total. The highest BCUT2D eigenvalue weighted by molar-refractivity contribution is 5.68. The molecule has 0 bridgehead atoms. The lowest BCUT2D eigenvalue weighted by molar-refractivity contribution is -0.0600. The Labute approximate surface area is 78.2 Å². The van der Waals surface area contributed by atoms with Crippen molar-refractivity contribution in [1.29, 1.82) is 0 Å². The molecule has 2 fully saturated rings. The van der Waals surface area contributed by atoms with E-state index in [2.05, 4.69) is 5.32 Å². The summed E-state index contributed by atoms with van der Waals surface area (Å²) < 4.78 is 5.47. The SMILES string of the molecule is CN1CCC2(CCNCC2)OC1=O. The third kappa shape index (κ3) is 1.63. The second-order valence-electron chi connectivity index (χ2n) is 3.97.